The second kappa shape index (κ2) is 13.8. The van der Waals surface area contributed by atoms with E-state index in [4.69, 9.17) is 9.47 Å². The third-order valence-electron chi connectivity index (χ3n) is 5.64. The lowest BCUT2D eigenvalue weighted by molar-refractivity contribution is -0.129. The van der Waals surface area contributed by atoms with Crippen molar-refractivity contribution < 1.29 is 19.1 Å². The third kappa shape index (κ3) is 8.49. The van der Waals surface area contributed by atoms with Gasteiger partial charge in [-0.3, -0.25) is 9.59 Å². The summed E-state index contributed by atoms with van der Waals surface area (Å²) in [6.07, 6.45) is 3.20. The number of hydrogen-bond acceptors (Lipinski definition) is 4. The van der Waals surface area contributed by atoms with E-state index in [0.717, 1.165) is 36.1 Å². The van der Waals surface area contributed by atoms with Crippen LogP contribution in [0.5, 0.6) is 11.5 Å². The van der Waals surface area contributed by atoms with Gasteiger partial charge < -0.3 is 20.1 Å². The van der Waals surface area contributed by atoms with Crippen LogP contribution in [-0.4, -0.2) is 18.9 Å². The first-order valence-electron chi connectivity index (χ1n) is 12.1. The second-order valence-corrected chi connectivity index (χ2v) is 8.37. The Morgan fingerprint density at radius 1 is 0.857 bits per heavy atom. The van der Waals surface area contributed by atoms with Gasteiger partial charge in [0.05, 0.1) is 7.11 Å². The summed E-state index contributed by atoms with van der Waals surface area (Å²) in [5.74, 6) is 1.02. The van der Waals surface area contributed by atoms with Crippen molar-refractivity contribution in [3.8, 4) is 11.5 Å². The predicted molar refractivity (Wildman–Crippen MR) is 137 cm³/mol. The summed E-state index contributed by atoms with van der Waals surface area (Å²) >= 11 is 0. The van der Waals surface area contributed by atoms with Crippen LogP contribution >= 0.6 is 0 Å². The van der Waals surface area contributed by atoms with Crippen LogP contribution in [0.1, 0.15) is 55.3 Å². The van der Waals surface area contributed by atoms with E-state index in [0.29, 0.717) is 30.9 Å². The van der Waals surface area contributed by atoms with Gasteiger partial charge in [0.1, 0.15) is 24.1 Å². The Balaban J connectivity index is 1.67. The van der Waals surface area contributed by atoms with Crippen molar-refractivity contribution in [2.24, 2.45) is 0 Å². The van der Waals surface area contributed by atoms with Crippen LogP contribution in [0.25, 0.3) is 0 Å². The lowest BCUT2D eigenvalue weighted by Crippen LogP contribution is -2.40. The van der Waals surface area contributed by atoms with Crippen LogP contribution in [0, 0.1) is 0 Å². The number of rotatable bonds is 13. The number of benzene rings is 3. The van der Waals surface area contributed by atoms with Crippen molar-refractivity contribution in [1.82, 2.24) is 10.6 Å². The molecule has 0 aliphatic carbocycles. The molecule has 0 saturated carbocycles. The van der Waals surface area contributed by atoms with Crippen LogP contribution in [0.15, 0.2) is 78.9 Å². The Morgan fingerprint density at radius 3 is 2.31 bits per heavy atom. The molecule has 0 aromatic heterocycles. The fourth-order valence-corrected chi connectivity index (χ4v) is 3.64. The minimum atomic E-state index is -0.794. The molecular weight excluding hydrogens is 440 g/mol. The van der Waals surface area contributed by atoms with Gasteiger partial charge in [0, 0.05) is 13.0 Å². The van der Waals surface area contributed by atoms with Crippen molar-refractivity contribution in [2.45, 2.75) is 51.8 Å². The highest BCUT2D eigenvalue weighted by molar-refractivity contribution is 5.88. The Kier molecular flexibility index (Phi) is 10.2. The molecule has 0 bridgehead atoms. The predicted octanol–water partition coefficient (Wildman–Crippen LogP) is 5.33. The molecule has 0 saturated heterocycles. The van der Waals surface area contributed by atoms with Crippen LogP contribution in [0.2, 0.25) is 0 Å². The van der Waals surface area contributed by atoms with Gasteiger partial charge in [-0.05, 0) is 47.4 Å². The molecule has 3 aromatic rings. The smallest absolute Gasteiger partial charge is 0.247 e. The van der Waals surface area contributed by atoms with E-state index >= 15 is 0 Å². The van der Waals surface area contributed by atoms with E-state index in [1.807, 2.05) is 78.9 Å². The first-order chi connectivity index (χ1) is 17.1. The monoisotopic (exact) mass is 474 g/mol. The fraction of sp³-hybridized carbons (Fsp3) is 0.310. The van der Waals surface area contributed by atoms with Crippen LogP contribution in [-0.2, 0) is 22.7 Å². The topological polar surface area (TPSA) is 76.7 Å². The summed E-state index contributed by atoms with van der Waals surface area (Å²) in [7, 11) is 1.61. The Morgan fingerprint density at radius 2 is 1.60 bits per heavy atom. The molecule has 3 aromatic carbocycles. The Bertz CT molecular complexity index is 1070. The lowest BCUT2D eigenvalue weighted by Gasteiger charge is -2.20. The molecule has 184 valence electrons. The maximum absolute atomic E-state index is 13.1. The molecule has 0 aliphatic heterocycles. The summed E-state index contributed by atoms with van der Waals surface area (Å²) in [4.78, 5) is 25.7. The number of methoxy groups -OCH3 is 1. The molecule has 6 heteroatoms. The Labute approximate surface area is 207 Å². The fourth-order valence-electron chi connectivity index (χ4n) is 3.64. The summed E-state index contributed by atoms with van der Waals surface area (Å²) < 4.78 is 11.1. The molecule has 3 rings (SSSR count). The number of hydrogen-bond donors (Lipinski definition) is 2. The van der Waals surface area contributed by atoms with Gasteiger partial charge in [0.25, 0.3) is 0 Å². The zero-order chi connectivity index (χ0) is 24.9. The SMILES string of the molecule is CCCCCC(=O)N[C@H](C(=O)NCc1cccc(OC)c1)c1ccc(OCc2ccccc2)cc1. The lowest BCUT2D eigenvalue weighted by atomic mass is 10.0. The van der Waals surface area contributed by atoms with Gasteiger partial charge in [0.2, 0.25) is 11.8 Å². The summed E-state index contributed by atoms with van der Waals surface area (Å²) in [6.45, 7) is 2.88. The van der Waals surface area contributed by atoms with Crippen LogP contribution < -0.4 is 20.1 Å². The molecule has 0 unspecified atom stereocenters. The molecule has 2 N–H and O–H groups in total. The largest absolute Gasteiger partial charge is 0.497 e. The van der Waals surface area contributed by atoms with E-state index in [2.05, 4.69) is 17.6 Å². The number of unbranched alkanes of at least 4 members (excludes halogenated alkanes) is 2. The van der Waals surface area contributed by atoms with Crippen LogP contribution in [0.4, 0.5) is 0 Å². The van der Waals surface area contributed by atoms with Crippen molar-refractivity contribution in [2.75, 3.05) is 7.11 Å². The highest BCUT2D eigenvalue weighted by Crippen LogP contribution is 2.20. The highest BCUT2D eigenvalue weighted by atomic mass is 16.5. The van der Waals surface area contributed by atoms with E-state index < -0.39 is 6.04 Å². The summed E-state index contributed by atoms with van der Waals surface area (Å²) in [6, 6.07) is 23.9. The maximum Gasteiger partial charge on any atom is 0.247 e. The molecule has 0 aliphatic rings. The highest BCUT2D eigenvalue weighted by Gasteiger charge is 2.22. The van der Waals surface area contributed by atoms with Gasteiger partial charge in [-0.2, -0.15) is 0 Å². The maximum atomic E-state index is 13.1. The number of carbonyl (C=O) groups is 2. The van der Waals surface area contributed by atoms with E-state index in [-0.39, 0.29) is 11.8 Å². The molecule has 2 amide bonds. The van der Waals surface area contributed by atoms with Crippen molar-refractivity contribution in [3.63, 3.8) is 0 Å². The molecule has 0 spiro atoms. The quantitative estimate of drug-likeness (QED) is 0.328. The Hall–Kier alpha value is -3.80. The minimum Gasteiger partial charge on any atom is -0.497 e. The van der Waals surface area contributed by atoms with Gasteiger partial charge in [-0.15, -0.1) is 0 Å². The van der Waals surface area contributed by atoms with Crippen LogP contribution in [0.3, 0.4) is 0 Å². The number of nitrogens with one attached hydrogen (secondary N) is 2. The third-order valence-corrected chi connectivity index (χ3v) is 5.64. The molecule has 35 heavy (non-hydrogen) atoms. The number of amides is 2. The zero-order valence-corrected chi connectivity index (χ0v) is 20.5. The summed E-state index contributed by atoms with van der Waals surface area (Å²) in [5, 5.41) is 5.85. The first-order valence-corrected chi connectivity index (χ1v) is 12.1. The molecular formula is C29H34N2O4. The average Bonchev–Trinajstić information content (AvgIpc) is 2.90. The van der Waals surface area contributed by atoms with Crippen molar-refractivity contribution in [3.05, 3.63) is 95.6 Å². The van der Waals surface area contributed by atoms with E-state index in [1.54, 1.807) is 7.11 Å². The molecule has 0 fully saturated rings. The van der Waals surface area contributed by atoms with Crippen molar-refractivity contribution in [1.29, 1.82) is 0 Å². The molecule has 1 atom stereocenters. The molecule has 0 radical (unpaired) electrons. The average molecular weight is 475 g/mol. The van der Waals surface area contributed by atoms with Gasteiger partial charge in [0.15, 0.2) is 0 Å². The minimum absolute atomic E-state index is 0.135. The zero-order valence-electron chi connectivity index (χ0n) is 20.5. The van der Waals surface area contributed by atoms with E-state index in [1.165, 1.54) is 0 Å². The second-order valence-electron chi connectivity index (χ2n) is 8.37. The van der Waals surface area contributed by atoms with Gasteiger partial charge in [-0.25, -0.2) is 0 Å². The van der Waals surface area contributed by atoms with E-state index in [9.17, 15) is 9.59 Å². The number of carbonyl (C=O) groups excluding carboxylic acids is 2. The number of ether oxygens (including phenoxy) is 2. The molecule has 0 heterocycles. The van der Waals surface area contributed by atoms with Gasteiger partial charge in [-0.1, -0.05) is 74.4 Å². The first kappa shape index (κ1) is 25.8. The standard InChI is InChI=1S/C29H34N2O4/c1-3-4-6-14-27(32)31-28(29(33)30-20-23-12-9-13-26(19-23)34-2)24-15-17-25(18-16-24)35-21-22-10-7-5-8-11-22/h5,7-13,15-19,28H,3-4,6,14,20-21H2,1-2H3,(H,30,33)(H,31,32)/t28-/m0/s1. The molecule has 6 nitrogen and oxygen atoms in total. The van der Waals surface area contributed by atoms with Crippen molar-refractivity contribution >= 4 is 11.8 Å². The van der Waals surface area contributed by atoms with Gasteiger partial charge >= 0.3 is 0 Å². The summed E-state index contributed by atoms with van der Waals surface area (Å²) in [5.41, 5.74) is 2.69. The normalized spacial score (nSPS) is 11.4.